The molecule has 0 saturated carbocycles. The van der Waals surface area contributed by atoms with Gasteiger partial charge >= 0.3 is 0 Å². The van der Waals surface area contributed by atoms with Gasteiger partial charge in [0.2, 0.25) is 0 Å². The number of guanidine groups is 1. The van der Waals surface area contributed by atoms with Gasteiger partial charge in [0, 0.05) is 46.0 Å². The van der Waals surface area contributed by atoms with E-state index in [1.807, 2.05) is 0 Å². The van der Waals surface area contributed by atoms with E-state index in [1.54, 1.807) is 26.4 Å². The molecule has 0 amide bonds. The highest BCUT2D eigenvalue weighted by atomic mass is 16.6. The lowest BCUT2D eigenvalue weighted by Crippen LogP contribution is -2.39. The summed E-state index contributed by atoms with van der Waals surface area (Å²) in [6, 6.07) is 6.38. The molecule has 0 unspecified atom stereocenters. The molecule has 128 valence electrons. The fraction of sp³-hybridized carbons (Fsp3) is 0.533. The second kappa shape index (κ2) is 11.4. The van der Waals surface area contributed by atoms with Crippen molar-refractivity contribution in [3.05, 3.63) is 39.9 Å². The third-order valence-electron chi connectivity index (χ3n) is 2.98. The van der Waals surface area contributed by atoms with E-state index < -0.39 is 4.92 Å². The highest BCUT2D eigenvalue weighted by molar-refractivity contribution is 5.79. The van der Waals surface area contributed by atoms with Crippen LogP contribution >= 0.6 is 0 Å². The summed E-state index contributed by atoms with van der Waals surface area (Å²) in [6.45, 7) is 3.08. The van der Waals surface area contributed by atoms with Crippen molar-refractivity contribution in [1.82, 2.24) is 10.6 Å². The summed E-state index contributed by atoms with van der Waals surface area (Å²) >= 11 is 0. The van der Waals surface area contributed by atoms with Gasteiger partial charge in [-0.05, 0) is 12.0 Å². The number of hydrogen-bond acceptors (Lipinski definition) is 5. The van der Waals surface area contributed by atoms with E-state index in [9.17, 15) is 10.1 Å². The minimum absolute atomic E-state index is 0.0777. The molecule has 0 aliphatic carbocycles. The van der Waals surface area contributed by atoms with Gasteiger partial charge in [0.15, 0.2) is 5.96 Å². The first-order valence-corrected chi connectivity index (χ1v) is 7.40. The summed E-state index contributed by atoms with van der Waals surface area (Å²) in [7, 11) is 3.31. The quantitative estimate of drug-likeness (QED) is 0.221. The Balaban J connectivity index is 2.56. The minimum atomic E-state index is -0.415. The summed E-state index contributed by atoms with van der Waals surface area (Å²) in [5, 5.41) is 17.0. The third-order valence-corrected chi connectivity index (χ3v) is 2.98. The van der Waals surface area contributed by atoms with Crippen LogP contribution in [0.4, 0.5) is 5.69 Å². The SMILES string of the molecule is COCCCNC(=NCc1ccc([N+](=O)[O-])cc1)NCCOC. The van der Waals surface area contributed by atoms with Crippen LogP contribution in [0.1, 0.15) is 12.0 Å². The number of nitro groups is 1. The van der Waals surface area contributed by atoms with E-state index in [0.29, 0.717) is 32.3 Å². The van der Waals surface area contributed by atoms with Gasteiger partial charge in [-0.25, -0.2) is 4.99 Å². The Morgan fingerprint density at radius 1 is 1.13 bits per heavy atom. The number of benzene rings is 1. The molecular formula is C15H24N4O4. The predicted molar refractivity (Wildman–Crippen MR) is 88.6 cm³/mol. The Labute approximate surface area is 136 Å². The molecule has 1 rings (SSSR count). The largest absolute Gasteiger partial charge is 0.385 e. The predicted octanol–water partition coefficient (Wildman–Crippen LogP) is 1.31. The standard InChI is InChI=1S/C15H24N4O4/c1-22-10-3-8-16-15(17-9-11-23-2)18-12-13-4-6-14(7-5-13)19(20)21/h4-7H,3,8-12H2,1-2H3,(H2,16,17,18). The summed E-state index contributed by atoms with van der Waals surface area (Å²) in [5.74, 6) is 0.677. The maximum absolute atomic E-state index is 10.6. The Kier molecular flexibility index (Phi) is 9.34. The van der Waals surface area contributed by atoms with Gasteiger partial charge in [-0.15, -0.1) is 0 Å². The van der Waals surface area contributed by atoms with Crippen LogP contribution in [0, 0.1) is 10.1 Å². The monoisotopic (exact) mass is 324 g/mol. The zero-order valence-electron chi connectivity index (χ0n) is 13.6. The summed E-state index contributed by atoms with van der Waals surface area (Å²) in [4.78, 5) is 14.7. The zero-order chi connectivity index (χ0) is 16.9. The van der Waals surface area contributed by atoms with Gasteiger partial charge in [-0.2, -0.15) is 0 Å². The highest BCUT2D eigenvalue weighted by Crippen LogP contribution is 2.12. The molecule has 0 aliphatic rings. The fourth-order valence-corrected chi connectivity index (χ4v) is 1.76. The van der Waals surface area contributed by atoms with Crippen LogP contribution in [-0.2, 0) is 16.0 Å². The van der Waals surface area contributed by atoms with Gasteiger partial charge in [0.1, 0.15) is 0 Å². The summed E-state index contributed by atoms with van der Waals surface area (Å²) in [6.07, 6.45) is 0.874. The molecule has 0 spiro atoms. The molecule has 0 atom stereocenters. The number of aliphatic imine (C=N–C) groups is 1. The van der Waals surface area contributed by atoms with Crippen LogP contribution < -0.4 is 10.6 Å². The van der Waals surface area contributed by atoms with Crippen molar-refractivity contribution >= 4 is 11.6 Å². The van der Waals surface area contributed by atoms with Crippen molar-refractivity contribution in [2.24, 2.45) is 4.99 Å². The molecule has 1 aromatic rings. The summed E-state index contributed by atoms with van der Waals surface area (Å²) in [5.41, 5.74) is 0.981. The Morgan fingerprint density at radius 3 is 2.39 bits per heavy atom. The molecule has 1 aromatic carbocycles. The van der Waals surface area contributed by atoms with E-state index >= 15 is 0 Å². The number of ether oxygens (including phenoxy) is 2. The highest BCUT2D eigenvalue weighted by Gasteiger charge is 2.04. The smallest absolute Gasteiger partial charge is 0.269 e. The summed E-state index contributed by atoms with van der Waals surface area (Å²) < 4.78 is 10.0. The lowest BCUT2D eigenvalue weighted by Gasteiger charge is -2.12. The first-order chi connectivity index (χ1) is 11.2. The number of hydrogen-bond donors (Lipinski definition) is 2. The van der Waals surface area contributed by atoms with Gasteiger partial charge in [-0.1, -0.05) is 12.1 Å². The van der Waals surface area contributed by atoms with Crippen molar-refractivity contribution in [3.63, 3.8) is 0 Å². The lowest BCUT2D eigenvalue weighted by atomic mass is 10.2. The molecular weight excluding hydrogens is 300 g/mol. The number of rotatable bonds is 10. The van der Waals surface area contributed by atoms with Crippen molar-refractivity contribution in [2.45, 2.75) is 13.0 Å². The second-order valence-electron chi connectivity index (χ2n) is 4.78. The van der Waals surface area contributed by atoms with Crippen LogP contribution in [0.5, 0.6) is 0 Å². The molecule has 0 bridgehead atoms. The van der Waals surface area contributed by atoms with Gasteiger partial charge in [-0.3, -0.25) is 10.1 Å². The first kappa shape index (κ1) is 18.9. The van der Waals surface area contributed by atoms with Crippen LogP contribution in [0.3, 0.4) is 0 Å². The normalized spacial score (nSPS) is 11.3. The maximum atomic E-state index is 10.6. The first-order valence-electron chi connectivity index (χ1n) is 7.40. The van der Waals surface area contributed by atoms with E-state index in [2.05, 4.69) is 15.6 Å². The Bertz CT molecular complexity index is 491. The zero-order valence-corrected chi connectivity index (χ0v) is 13.6. The molecule has 8 nitrogen and oxygen atoms in total. The Hall–Kier alpha value is -2.19. The lowest BCUT2D eigenvalue weighted by molar-refractivity contribution is -0.384. The fourth-order valence-electron chi connectivity index (χ4n) is 1.76. The number of methoxy groups -OCH3 is 2. The number of nitrogens with one attached hydrogen (secondary N) is 2. The molecule has 23 heavy (non-hydrogen) atoms. The van der Waals surface area contributed by atoms with E-state index in [-0.39, 0.29) is 5.69 Å². The van der Waals surface area contributed by atoms with Gasteiger partial charge in [0.05, 0.1) is 18.1 Å². The number of nitrogens with zero attached hydrogens (tertiary/aromatic N) is 2. The molecule has 0 radical (unpaired) electrons. The van der Waals surface area contributed by atoms with E-state index in [4.69, 9.17) is 9.47 Å². The molecule has 2 N–H and O–H groups in total. The van der Waals surface area contributed by atoms with E-state index in [0.717, 1.165) is 18.5 Å². The molecule has 0 aliphatic heterocycles. The molecule has 0 fully saturated rings. The van der Waals surface area contributed by atoms with Crippen molar-refractivity contribution in [2.75, 3.05) is 40.5 Å². The minimum Gasteiger partial charge on any atom is -0.385 e. The van der Waals surface area contributed by atoms with Crippen molar-refractivity contribution in [1.29, 1.82) is 0 Å². The van der Waals surface area contributed by atoms with Crippen LogP contribution in [0.15, 0.2) is 29.3 Å². The topological polar surface area (TPSA) is 98.0 Å². The van der Waals surface area contributed by atoms with E-state index in [1.165, 1.54) is 12.1 Å². The molecule has 8 heteroatoms. The van der Waals surface area contributed by atoms with Crippen LogP contribution in [0.2, 0.25) is 0 Å². The average Bonchev–Trinajstić information content (AvgIpc) is 2.56. The molecule has 0 saturated heterocycles. The van der Waals surface area contributed by atoms with Crippen molar-refractivity contribution in [3.8, 4) is 0 Å². The van der Waals surface area contributed by atoms with Crippen molar-refractivity contribution < 1.29 is 14.4 Å². The number of non-ortho nitro benzene ring substituents is 1. The van der Waals surface area contributed by atoms with Gasteiger partial charge in [0.25, 0.3) is 5.69 Å². The average molecular weight is 324 g/mol. The molecule has 0 heterocycles. The maximum Gasteiger partial charge on any atom is 0.269 e. The Morgan fingerprint density at radius 2 is 1.78 bits per heavy atom. The molecule has 0 aromatic heterocycles. The van der Waals surface area contributed by atoms with Crippen LogP contribution in [0.25, 0.3) is 0 Å². The third kappa shape index (κ3) is 8.12. The second-order valence-corrected chi connectivity index (χ2v) is 4.78. The van der Waals surface area contributed by atoms with Crippen LogP contribution in [-0.4, -0.2) is 51.4 Å². The number of nitro benzene ring substituents is 1. The van der Waals surface area contributed by atoms with Gasteiger partial charge < -0.3 is 20.1 Å².